The monoisotopic (exact) mass is 370 g/mol. The number of alkyl halides is 2. The van der Waals surface area contributed by atoms with Crippen molar-refractivity contribution in [3.05, 3.63) is 0 Å². The Balaban J connectivity index is 3.14. The standard InChI is InChI=1S/C16H28F2O5S/c1-6-12-8-14(5,10-15(7-2,9-12)11(3)4)23-13(19)16(17,18)24(20,21)22/h11-12H,6-10H2,1-5H3,(H,20,21,22). The van der Waals surface area contributed by atoms with Gasteiger partial charge in [0.1, 0.15) is 5.60 Å². The molecule has 0 amide bonds. The molecule has 1 saturated carbocycles. The van der Waals surface area contributed by atoms with E-state index in [1.54, 1.807) is 6.92 Å². The summed E-state index contributed by atoms with van der Waals surface area (Å²) < 4.78 is 62.2. The lowest BCUT2D eigenvalue weighted by Crippen LogP contribution is -2.51. The lowest BCUT2D eigenvalue weighted by atomic mass is 9.58. The van der Waals surface area contributed by atoms with Gasteiger partial charge in [-0.3, -0.25) is 4.55 Å². The maximum atomic E-state index is 13.5. The van der Waals surface area contributed by atoms with Gasteiger partial charge in [0.05, 0.1) is 0 Å². The molecule has 0 heterocycles. The lowest BCUT2D eigenvalue weighted by molar-refractivity contribution is -0.188. The second-order valence-corrected chi connectivity index (χ2v) is 9.02. The predicted octanol–water partition coefficient (Wildman–Crippen LogP) is 4.03. The summed E-state index contributed by atoms with van der Waals surface area (Å²) in [4.78, 5) is 11.7. The third-order valence-corrected chi connectivity index (χ3v) is 6.36. The van der Waals surface area contributed by atoms with Crippen LogP contribution < -0.4 is 0 Å². The molecule has 0 aromatic carbocycles. The van der Waals surface area contributed by atoms with Crippen LogP contribution in [0.2, 0.25) is 0 Å². The normalized spacial score (nSPS) is 32.0. The van der Waals surface area contributed by atoms with Crippen molar-refractivity contribution < 1.29 is 31.3 Å². The zero-order chi connectivity index (χ0) is 19.0. The van der Waals surface area contributed by atoms with Crippen molar-refractivity contribution in [1.29, 1.82) is 0 Å². The van der Waals surface area contributed by atoms with Crippen LogP contribution in [0.5, 0.6) is 0 Å². The summed E-state index contributed by atoms with van der Waals surface area (Å²) in [6.45, 7) is 9.69. The second-order valence-electron chi connectivity index (χ2n) is 7.56. The van der Waals surface area contributed by atoms with Crippen molar-refractivity contribution in [3.8, 4) is 0 Å². The highest BCUT2D eigenvalue weighted by molar-refractivity contribution is 7.87. The molecule has 5 nitrogen and oxygen atoms in total. The molecular weight excluding hydrogens is 342 g/mol. The van der Waals surface area contributed by atoms with Gasteiger partial charge in [-0.1, -0.05) is 40.5 Å². The summed E-state index contributed by atoms with van der Waals surface area (Å²) >= 11 is 0. The molecule has 1 fully saturated rings. The van der Waals surface area contributed by atoms with Crippen LogP contribution in [0.1, 0.15) is 66.7 Å². The number of halogens is 2. The van der Waals surface area contributed by atoms with Crippen molar-refractivity contribution in [2.75, 3.05) is 0 Å². The van der Waals surface area contributed by atoms with Crippen LogP contribution in [0, 0.1) is 17.3 Å². The van der Waals surface area contributed by atoms with Crippen LogP contribution in [0.4, 0.5) is 8.78 Å². The highest BCUT2D eigenvalue weighted by Gasteiger charge is 2.57. The number of carbonyl (C=O) groups is 1. The van der Waals surface area contributed by atoms with Crippen LogP contribution in [-0.2, 0) is 19.6 Å². The molecule has 1 rings (SSSR count). The number of hydrogen-bond acceptors (Lipinski definition) is 4. The molecule has 8 heteroatoms. The lowest BCUT2D eigenvalue weighted by Gasteiger charge is -2.51. The van der Waals surface area contributed by atoms with E-state index in [0.717, 1.165) is 19.3 Å². The SMILES string of the molecule is CCC1CC(C)(OC(=O)C(F)(F)S(=O)(=O)O)CC(CC)(C(C)C)C1. The maximum absolute atomic E-state index is 13.5. The van der Waals surface area contributed by atoms with E-state index in [9.17, 15) is 22.0 Å². The van der Waals surface area contributed by atoms with Gasteiger partial charge >= 0.3 is 21.3 Å². The maximum Gasteiger partial charge on any atom is 0.465 e. The number of esters is 1. The molecule has 3 atom stereocenters. The van der Waals surface area contributed by atoms with Crippen LogP contribution in [-0.4, -0.2) is 29.8 Å². The minimum Gasteiger partial charge on any atom is -0.454 e. The van der Waals surface area contributed by atoms with E-state index in [2.05, 4.69) is 13.8 Å². The van der Waals surface area contributed by atoms with Crippen molar-refractivity contribution in [2.24, 2.45) is 17.3 Å². The molecule has 0 aliphatic heterocycles. The Hall–Kier alpha value is -0.760. The van der Waals surface area contributed by atoms with E-state index in [1.807, 2.05) is 13.8 Å². The summed E-state index contributed by atoms with van der Waals surface area (Å²) in [6.07, 6.45) is 3.32. The Bertz CT molecular complexity index is 575. The van der Waals surface area contributed by atoms with Crippen LogP contribution in [0.25, 0.3) is 0 Å². The summed E-state index contributed by atoms with van der Waals surface area (Å²) in [5.74, 6) is -1.76. The first-order valence-electron chi connectivity index (χ1n) is 8.31. The Morgan fingerprint density at radius 1 is 1.33 bits per heavy atom. The molecule has 3 unspecified atom stereocenters. The van der Waals surface area contributed by atoms with Gasteiger partial charge in [0.2, 0.25) is 0 Å². The minimum absolute atomic E-state index is 0.165. The van der Waals surface area contributed by atoms with Gasteiger partial charge in [-0.05, 0) is 43.4 Å². The first kappa shape index (κ1) is 21.3. The predicted molar refractivity (Wildman–Crippen MR) is 86.2 cm³/mol. The van der Waals surface area contributed by atoms with Crippen LogP contribution >= 0.6 is 0 Å². The van der Waals surface area contributed by atoms with Crippen LogP contribution in [0.3, 0.4) is 0 Å². The molecule has 1 aliphatic carbocycles. The van der Waals surface area contributed by atoms with E-state index < -0.39 is 26.9 Å². The fourth-order valence-corrected chi connectivity index (χ4v) is 4.27. The third kappa shape index (κ3) is 4.07. The van der Waals surface area contributed by atoms with Crippen molar-refractivity contribution >= 4 is 16.1 Å². The van der Waals surface area contributed by atoms with E-state index in [-0.39, 0.29) is 17.3 Å². The Kier molecular flexibility index (Phi) is 6.08. The molecule has 142 valence electrons. The van der Waals surface area contributed by atoms with Gasteiger partial charge in [-0.2, -0.15) is 17.2 Å². The average Bonchev–Trinajstić information content (AvgIpc) is 2.44. The smallest absolute Gasteiger partial charge is 0.454 e. The van der Waals surface area contributed by atoms with Crippen molar-refractivity contribution in [1.82, 2.24) is 0 Å². The number of carbonyl (C=O) groups excluding carboxylic acids is 1. The van der Waals surface area contributed by atoms with Gasteiger partial charge in [0, 0.05) is 0 Å². The Labute approximate surface area is 142 Å². The number of ether oxygens (including phenoxy) is 1. The summed E-state index contributed by atoms with van der Waals surface area (Å²) in [6, 6.07) is 0. The molecular formula is C16H28F2O5S. The molecule has 24 heavy (non-hydrogen) atoms. The zero-order valence-corrected chi connectivity index (χ0v) is 15.8. The Morgan fingerprint density at radius 3 is 2.25 bits per heavy atom. The molecule has 0 bridgehead atoms. The van der Waals surface area contributed by atoms with Gasteiger partial charge in [0.15, 0.2) is 0 Å². The molecule has 0 aromatic heterocycles. The third-order valence-electron chi connectivity index (χ3n) is 5.55. The van der Waals surface area contributed by atoms with E-state index in [4.69, 9.17) is 9.29 Å². The average molecular weight is 370 g/mol. The largest absolute Gasteiger partial charge is 0.465 e. The highest BCUT2D eigenvalue weighted by atomic mass is 32.2. The topological polar surface area (TPSA) is 80.7 Å². The van der Waals surface area contributed by atoms with Gasteiger partial charge in [0.25, 0.3) is 0 Å². The zero-order valence-electron chi connectivity index (χ0n) is 14.9. The van der Waals surface area contributed by atoms with Gasteiger partial charge < -0.3 is 4.74 Å². The fourth-order valence-electron chi connectivity index (χ4n) is 4.02. The molecule has 1 aliphatic rings. The first-order chi connectivity index (χ1) is 10.7. The van der Waals surface area contributed by atoms with E-state index in [0.29, 0.717) is 12.8 Å². The first-order valence-corrected chi connectivity index (χ1v) is 9.75. The van der Waals surface area contributed by atoms with E-state index in [1.165, 1.54) is 0 Å². The Morgan fingerprint density at radius 2 is 1.88 bits per heavy atom. The molecule has 1 N–H and O–H groups in total. The van der Waals surface area contributed by atoms with Crippen molar-refractivity contribution in [3.63, 3.8) is 0 Å². The van der Waals surface area contributed by atoms with Gasteiger partial charge in [-0.15, -0.1) is 0 Å². The van der Waals surface area contributed by atoms with E-state index >= 15 is 0 Å². The number of rotatable bonds is 6. The molecule has 0 spiro atoms. The summed E-state index contributed by atoms with van der Waals surface area (Å²) in [7, 11) is -5.86. The fraction of sp³-hybridized carbons (Fsp3) is 0.938. The van der Waals surface area contributed by atoms with Crippen LogP contribution in [0.15, 0.2) is 0 Å². The highest BCUT2D eigenvalue weighted by Crippen LogP contribution is 2.53. The number of hydrogen-bond donors (Lipinski definition) is 1. The van der Waals surface area contributed by atoms with Gasteiger partial charge in [-0.25, -0.2) is 4.79 Å². The second kappa shape index (κ2) is 6.86. The summed E-state index contributed by atoms with van der Waals surface area (Å²) in [5.41, 5.74) is -1.36. The molecule has 0 aromatic rings. The molecule has 0 saturated heterocycles. The quantitative estimate of drug-likeness (QED) is 0.564. The molecule has 0 radical (unpaired) electrons. The minimum atomic E-state index is -5.86. The summed E-state index contributed by atoms with van der Waals surface area (Å²) in [5, 5.41) is -4.96. The van der Waals surface area contributed by atoms with Crippen molar-refractivity contribution in [2.45, 2.75) is 77.6 Å².